The van der Waals surface area contributed by atoms with Gasteiger partial charge in [0.05, 0.1) is 12.3 Å². The van der Waals surface area contributed by atoms with Gasteiger partial charge in [-0.25, -0.2) is 17.9 Å². The molecule has 1 fully saturated rings. The Kier molecular flexibility index (Phi) is 7.03. The van der Waals surface area contributed by atoms with Crippen molar-refractivity contribution >= 4 is 27.6 Å². The lowest BCUT2D eigenvalue weighted by molar-refractivity contribution is -0.120. The highest BCUT2D eigenvalue weighted by Crippen LogP contribution is 2.25. The zero-order valence-electron chi connectivity index (χ0n) is 18.6. The SMILES string of the molecule is CCOC(=O)c1ccn(-c2ccc(NC(=O)C3CCN(S(=O)(=O)c4cccnc4)CC3)cc2)n1. The van der Waals surface area contributed by atoms with Crippen LogP contribution in [-0.2, 0) is 19.6 Å². The van der Waals surface area contributed by atoms with Gasteiger partial charge in [0.2, 0.25) is 15.9 Å². The number of rotatable bonds is 7. The summed E-state index contributed by atoms with van der Waals surface area (Å²) in [5.74, 6) is -0.905. The van der Waals surface area contributed by atoms with E-state index in [0.29, 0.717) is 18.5 Å². The predicted octanol–water partition coefficient (Wildman–Crippen LogP) is 2.48. The number of piperidine rings is 1. The van der Waals surface area contributed by atoms with Crippen LogP contribution in [-0.4, -0.2) is 59.1 Å². The van der Waals surface area contributed by atoms with Crippen molar-refractivity contribution in [3.63, 3.8) is 0 Å². The molecule has 0 radical (unpaired) electrons. The second-order valence-corrected chi connectivity index (χ2v) is 9.71. The summed E-state index contributed by atoms with van der Waals surface area (Å²) in [7, 11) is -3.61. The summed E-state index contributed by atoms with van der Waals surface area (Å²) in [5, 5.41) is 7.10. The second-order valence-electron chi connectivity index (χ2n) is 7.77. The maximum atomic E-state index is 12.7. The van der Waals surface area contributed by atoms with E-state index in [4.69, 9.17) is 4.74 Å². The molecule has 0 spiro atoms. The van der Waals surface area contributed by atoms with Gasteiger partial charge in [0.25, 0.3) is 0 Å². The van der Waals surface area contributed by atoms with Gasteiger partial charge in [0.15, 0.2) is 5.69 Å². The van der Waals surface area contributed by atoms with Crippen LogP contribution in [0.4, 0.5) is 5.69 Å². The third-order valence-corrected chi connectivity index (χ3v) is 7.45. The van der Waals surface area contributed by atoms with Gasteiger partial charge in [-0.2, -0.15) is 9.40 Å². The van der Waals surface area contributed by atoms with Gasteiger partial charge in [0, 0.05) is 43.3 Å². The van der Waals surface area contributed by atoms with Crippen molar-refractivity contribution < 1.29 is 22.7 Å². The molecule has 4 rings (SSSR count). The van der Waals surface area contributed by atoms with Gasteiger partial charge in [-0.15, -0.1) is 0 Å². The normalized spacial score (nSPS) is 15.1. The number of anilines is 1. The first-order valence-corrected chi connectivity index (χ1v) is 12.4. The smallest absolute Gasteiger partial charge is 0.358 e. The quantitative estimate of drug-likeness (QED) is 0.512. The molecule has 1 aliphatic rings. The Balaban J connectivity index is 1.33. The fraction of sp³-hybridized carbons (Fsp3) is 0.304. The predicted molar refractivity (Wildman–Crippen MR) is 124 cm³/mol. The summed E-state index contributed by atoms with van der Waals surface area (Å²) in [6.07, 6.45) is 5.39. The standard InChI is InChI=1S/C23H25N5O5S/c1-2-33-23(30)21-11-15-28(26-21)19-7-5-18(6-8-19)25-22(29)17-9-13-27(14-10-17)34(31,32)20-4-3-12-24-16-20/h3-8,11-12,15-17H,2,9-10,13-14H2,1H3,(H,25,29). The minimum atomic E-state index is -3.61. The summed E-state index contributed by atoms with van der Waals surface area (Å²) in [5.41, 5.74) is 1.57. The number of ether oxygens (including phenoxy) is 1. The number of benzene rings is 1. The highest BCUT2D eigenvalue weighted by Gasteiger charge is 2.32. The average molecular weight is 484 g/mol. The number of carbonyl (C=O) groups is 2. The van der Waals surface area contributed by atoms with Crippen molar-refractivity contribution in [3.05, 3.63) is 66.7 Å². The second kappa shape index (κ2) is 10.1. The van der Waals surface area contributed by atoms with E-state index in [1.165, 1.54) is 22.8 Å². The van der Waals surface area contributed by atoms with Crippen LogP contribution in [0.5, 0.6) is 0 Å². The first-order chi connectivity index (χ1) is 16.4. The van der Waals surface area contributed by atoms with E-state index >= 15 is 0 Å². The Hall–Kier alpha value is -3.57. The minimum Gasteiger partial charge on any atom is -0.461 e. The average Bonchev–Trinajstić information content (AvgIpc) is 3.36. The molecule has 2 aromatic heterocycles. The number of esters is 1. The first kappa shape index (κ1) is 23.6. The zero-order chi connectivity index (χ0) is 24.1. The molecule has 10 nitrogen and oxygen atoms in total. The number of amides is 1. The highest BCUT2D eigenvalue weighted by molar-refractivity contribution is 7.89. The summed E-state index contributed by atoms with van der Waals surface area (Å²) in [6, 6.07) is 11.7. The van der Waals surface area contributed by atoms with Gasteiger partial charge in [0.1, 0.15) is 4.90 Å². The van der Waals surface area contributed by atoms with Crippen LogP contribution in [0, 0.1) is 5.92 Å². The van der Waals surface area contributed by atoms with E-state index in [0.717, 1.165) is 5.69 Å². The number of pyridine rings is 1. The molecule has 0 saturated carbocycles. The maximum Gasteiger partial charge on any atom is 0.358 e. The third kappa shape index (κ3) is 5.15. The molecule has 1 N–H and O–H groups in total. The van der Waals surface area contributed by atoms with Crippen molar-refractivity contribution in [2.45, 2.75) is 24.7 Å². The highest BCUT2D eigenvalue weighted by atomic mass is 32.2. The molecule has 3 aromatic rings. The van der Waals surface area contributed by atoms with E-state index in [2.05, 4.69) is 15.4 Å². The van der Waals surface area contributed by atoms with Crippen molar-refractivity contribution in [1.82, 2.24) is 19.1 Å². The first-order valence-electron chi connectivity index (χ1n) is 10.9. The van der Waals surface area contributed by atoms with Crippen molar-refractivity contribution in [2.24, 2.45) is 5.92 Å². The largest absolute Gasteiger partial charge is 0.461 e. The lowest BCUT2D eigenvalue weighted by Crippen LogP contribution is -2.41. The molecular formula is C23H25N5O5S. The molecule has 0 bridgehead atoms. The molecule has 0 unspecified atom stereocenters. The molecule has 0 atom stereocenters. The van der Waals surface area contributed by atoms with Crippen molar-refractivity contribution in [2.75, 3.05) is 25.0 Å². The van der Waals surface area contributed by atoms with Gasteiger partial charge >= 0.3 is 5.97 Å². The molecule has 34 heavy (non-hydrogen) atoms. The number of nitrogens with zero attached hydrogens (tertiary/aromatic N) is 4. The number of hydrogen-bond acceptors (Lipinski definition) is 7. The maximum absolute atomic E-state index is 12.7. The topological polar surface area (TPSA) is 123 Å². The number of sulfonamides is 1. The molecule has 11 heteroatoms. The van der Waals surface area contributed by atoms with Crippen LogP contribution in [0.25, 0.3) is 5.69 Å². The van der Waals surface area contributed by atoms with Gasteiger partial charge in [-0.1, -0.05) is 0 Å². The Morgan fingerprint density at radius 3 is 2.50 bits per heavy atom. The lowest BCUT2D eigenvalue weighted by Gasteiger charge is -2.30. The number of hydrogen-bond donors (Lipinski definition) is 1. The molecule has 178 valence electrons. The van der Waals surface area contributed by atoms with E-state index in [1.54, 1.807) is 54.2 Å². The molecule has 1 aliphatic heterocycles. The molecule has 0 aliphatic carbocycles. The van der Waals surface area contributed by atoms with E-state index in [1.807, 2.05) is 0 Å². The Labute approximate surface area is 197 Å². The van der Waals surface area contributed by atoms with Crippen molar-refractivity contribution in [1.29, 1.82) is 0 Å². The lowest BCUT2D eigenvalue weighted by atomic mass is 9.97. The van der Waals surface area contributed by atoms with Gasteiger partial charge in [-0.05, 0) is 62.2 Å². The Bertz CT molecular complexity index is 1250. The minimum absolute atomic E-state index is 0.144. The zero-order valence-corrected chi connectivity index (χ0v) is 19.4. The fourth-order valence-corrected chi connectivity index (χ4v) is 5.16. The number of nitrogens with one attached hydrogen (secondary N) is 1. The van der Waals surface area contributed by atoms with E-state index in [-0.39, 0.29) is 42.1 Å². The Morgan fingerprint density at radius 2 is 1.85 bits per heavy atom. The number of aromatic nitrogens is 3. The van der Waals surface area contributed by atoms with E-state index < -0.39 is 16.0 Å². The monoisotopic (exact) mass is 483 g/mol. The molecular weight excluding hydrogens is 458 g/mol. The van der Waals surface area contributed by atoms with E-state index in [9.17, 15) is 18.0 Å². The van der Waals surface area contributed by atoms with Crippen molar-refractivity contribution in [3.8, 4) is 5.69 Å². The summed E-state index contributed by atoms with van der Waals surface area (Å²) >= 11 is 0. The molecule has 1 saturated heterocycles. The Morgan fingerprint density at radius 1 is 1.12 bits per heavy atom. The van der Waals surface area contributed by atoms with Crippen LogP contribution >= 0.6 is 0 Å². The molecule has 1 aromatic carbocycles. The fourth-order valence-electron chi connectivity index (χ4n) is 3.73. The van der Waals surface area contributed by atoms with Crippen LogP contribution in [0.2, 0.25) is 0 Å². The molecule has 3 heterocycles. The van der Waals surface area contributed by atoms with Crippen LogP contribution in [0.1, 0.15) is 30.3 Å². The van der Waals surface area contributed by atoms with Crippen LogP contribution < -0.4 is 5.32 Å². The van der Waals surface area contributed by atoms with Gasteiger partial charge in [-0.3, -0.25) is 9.78 Å². The third-order valence-electron chi connectivity index (χ3n) is 5.57. The summed E-state index contributed by atoms with van der Waals surface area (Å²) in [6.45, 7) is 2.56. The van der Waals surface area contributed by atoms with Gasteiger partial charge < -0.3 is 10.1 Å². The molecule has 1 amide bonds. The summed E-state index contributed by atoms with van der Waals surface area (Å²) < 4.78 is 33.4. The number of carbonyl (C=O) groups excluding carboxylic acids is 2. The van der Waals surface area contributed by atoms with Crippen LogP contribution in [0.15, 0.2) is 66.0 Å². The van der Waals surface area contributed by atoms with Crippen LogP contribution in [0.3, 0.4) is 0 Å². The summed E-state index contributed by atoms with van der Waals surface area (Å²) in [4.78, 5) is 28.5.